The first-order chi connectivity index (χ1) is 9.74. The molecule has 1 aliphatic heterocycles. The zero-order valence-electron chi connectivity index (χ0n) is 11.1. The molecule has 1 amide bonds. The predicted octanol–water partition coefficient (Wildman–Crippen LogP) is 2.16. The predicted molar refractivity (Wildman–Crippen MR) is 80.5 cm³/mol. The Morgan fingerprint density at radius 3 is 2.70 bits per heavy atom. The number of benzene rings is 1. The minimum atomic E-state index is 0.0146. The van der Waals surface area contributed by atoms with Gasteiger partial charge in [0.25, 0.3) is 0 Å². The highest BCUT2D eigenvalue weighted by Crippen LogP contribution is 2.29. The molecule has 1 saturated heterocycles. The van der Waals surface area contributed by atoms with Gasteiger partial charge in [0.15, 0.2) is 0 Å². The van der Waals surface area contributed by atoms with Crippen molar-refractivity contribution in [3.63, 3.8) is 0 Å². The van der Waals surface area contributed by atoms with Crippen LogP contribution in [0.2, 0.25) is 0 Å². The number of nitrogens with zero attached hydrogens (tertiary/aromatic N) is 3. The molecule has 3 rings (SSSR count). The lowest BCUT2D eigenvalue weighted by Gasteiger charge is -2.28. The molecule has 0 spiro atoms. The zero-order chi connectivity index (χ0) is 13.9. The minimum absolute atomic E-state index is 0.0146. The third kappa shape index (κ3) is 2.72. The summed E-state index contributed by atoms with van der Waals surface area (Å²) in [6.07, 6.45) is 4.20. The van der Waals surface area contributed by atoms with Crippen LogP contribution in [0.15, 0.2) is 48.8 Å². The van der Waals surface area contributed by atoms with E-state index in [0.29, 0.717) is 19.5 Å². The van der Waals surface area contributed by atoms with Crippen molar-refractivity contribution in [2.45, 2.75) is 24.3 Å². The highest BCUT2D eigenvalue weighted by molar-refractivity contribution is 7.81. The lowest BCUT2D eigenvalue weighted by molar-refractivity contribution is -0.130. The summed E-state index contributed by atoms with van der Waals surface area (Å²) < 4.78 is 1.87. The van der Waals surface area contributed by atoms with E-state index >= 15 is 0 Å². The summed E-state index contributed by atoms with van der Waals surface area (Å²) in [5, 5.41) is 4.39. The average Bonchev–Trinajstić information content (AvgIpc) is 3.07. The summed E-state index contributed by atoms with van der Waals surface area (Å²) >= 11 is 4.45. The van der Waals surface area contributed by atoms with Gasteiger partial charge in [0.1, 0.15) is 0 Å². The lowest BCUT2D eigenvalue weighted by Crippen LogP contribution is -2.33. The average molecular weight is 287 g/mol. The number of carbonyl (C=O) groups is 1. The van der Waals surface area contributed by atoms with E-state index in [-0.39, 0.29) is 17.2 Å². The van der Waals surface area contributed by atoms with Crippen LogP contribution in [0.3, 0.4) is 0 Å². The van der Waals surface area contributed by atoms with E-state index < -0.39 is 0 Å². The molecule has 2 heterocycles. The van der Waals surface area contributed by atoms with Crippen LogP contribution >= 0.6 is 12.6 Å². The fourth-order valence-corrected chi connectivity index (χ4v) is 2.99. The number of thiol groups is 1. The van der Waals surface area contributed by atoms with Crippen LogP contribution in [0.1, 0.15) is 18.0 Å². The summed E-state index contributed by atoms with van der Waals surface area (Å²) in [5.74, 6) is 0.172. The topological polar surface area (TPSA) is 38.1 Å². The van der Waals surface area contributed by atoms with Gasteiger partial charge in [-0.3, -0.25) is 9.48 Å². The van der Waals surface area contributed by atoms with Crippen molar-refractivity contribution in [3.8, 4) is 0 Å². The molecule has 2 unspecified atom stereocenters. The first-order valence-corrected chi connectivity index (χ1v) is 7.25. The zero-order valence-corrected chi connectivity index (χ0v) is 12.0. The van der Waals surface area contributed by atoms with Gasteiger partial charge in [-0.2, -0.15) is 17.7 Å². The highest BCUT2D eigenvalue weighted by Gasteiger charge is 2.33. The number of rotatable bonds is 4. The Hall–Kier alpha value is -1.75. The van der Waals surface area contributed by atoms with E-state index in [4.69, 9.17) is 0 Å². The second-order valence-electron chi connectivity index (χ2n) is 5.06. The normalized spacial score (nSPS) is 20.4. The van der Waals surface area contributed by atoms with E-state index in [1.54, 1.807) is 6.20 Å². The molecule has 1 aromatic heterocycles. The molecule has 1 aliphatic rings. The molecular weight excluding hydrogens is 270 g/mol. The minimum Gasteiger partial charge on any atom is -0.333 e. The molecular formula is C15H17N3OS. The van der Waals surface area contributed by atoms with Gasteiger partial charge in [-0.25, -0.2) is 0 Å². The molecule has 1 aromatic carbocycles. The second kappa shape index (κ2) is 5.71. The van der Waals surface area contributed by atoms with Gasteiger partial charge in [0.05, 0.1) is 12.6 Å². The van der Waals surface area contributed by atoms with E-state index in [1.165, 1.54) is 0 Å². The van der Waals surface area contributed by atoms with Gasteiger partial charge in [-0.15, -0.1) is 0 Å². The number of hydrogen-bond acceptors (Lipinski definition) is 3. The summed E-state index contributed by atoms with van der Waals surface area (Å²) in [4.78, 5) is 14.1. The van der Waals surface area contributed by atoms with Crippen molar-refractivity contribution in [1.29, 1.82) is 0 Å². The molecule has 0 saturated carbocycles. The van der Waals surface area contributed by atoms with Gasteiger partial charge in [-0.1, -0.05) is 30.3 Å². The Morgan fingerprint density at radius 2 is 2.10 bits per heavy atom. The maximum Gasteiger partial charge on any atom is 0.224 e. The lowest BCUT2D eigenvalue weighted by atomic mass is 10.1. The Kier molecular flexibility index (Phi) is 3.78. The van der Waals surface area contributed by atoms with Crippen LogP contribution in [0.25, 0.3) is 0 Å². The number of likely N-dealkylation sites (tertiary alicyclic amines) is 1. The molecule has 2 aromatic rings. The van der Waals surface area contributed by atoms with Crippen molar-refractivity contribution in [2.75, 3.05) is 6.54 Å². The van der Waals surface area contributed by atoms with E-state index in [2.05, 4.69) is 29.9 Å². The first-order valence-electron chi connectivity index (χ1n) is 6.74. The van der Waals surface area contributed by atoms with Crippen molar-refractivity contribution < 1.29 is 4.79 Å². The van der Waals surface area contributed by atoms with Crippen molar-refractivity contribution in [1.82, 2.24) is 14.7 Å². The van der Waals surface area contributed by atoms with Crippen LogP contribution < -0.4 is 0 Å². The Balaban J connectivity index is 1.89. The maximum absolute atomic E-state index is 12.2. The first kappa shape index (κ1) is 13.2. The molecule has 0 N–H and O–H groups in total. The van der Waals surface area contributed by atoms with E-state index in [0.717, 1.165) is 5.56 Å². The Morgan fingerprint density at radius 1 is 1.30 bits per heavy atom. The van der Waals surface area contributed by atoms with E-state index in [1.807, 2.05) is 40.0 Å². The summed E-state index contributed by atoms with van der Waals surface area (Å²) in [5.41, 5.74) is 1.14. The Labute approximate surface area is 123 Å². The number of hydrogen-bond donors (Lipinski definition) is 1. The maximum atomic E-state index is 12.2. The SMILES string of the molecule is O=C1CC(S)CN1C(Cn1cccn1)c1ccccc1. The third-order valence-corrected chi connectivity index (χ3v) is 3.96. The van der Waals surface area contributed by atoms with Crippen LogP contribution in [-0.4, -0.2) is 32.4 Å². The fourth-order valence-electron chi connectivity index (χ4n) is 2.66. The standard InChI is InChI=1S/C15H17N3OS/c19-15-9-13(20)10-18(15)14(11-17-8-4-7-16-17)12-5-2-1-3-6-12/h1-8,13-14,20H,9-11H2. The molecule has 20 heavy (non-hydrogen) atoms. The second-order valence-corrected chi connectivity index (χ2v) is 5.79. The summed E-state index contributed by atoms with van der Waals surface area (Å²) in [6, 6.07) is 12.0. The molecule has 0 aliphatic carbocycles. The number of aromatic nitrogens is 2. The molecule has 0 radical (unpaired) electrons. The molecule has 4 nitrogen and oxygen atoms in total. The molecule has 5 heteroatoms. The quantitative estimate of drug-likeness (QED) is 0.875. The van der Waals surface area contributed by atoms with Gasteiger partial charge < -0.3 is 4.90 Å². The van der Waals surface area contributed by atoms with Crippen molar-refractivity contribution in [3.05, 3.63) is 54.4 Å². The van der Waals surface area contributed by atoms with Gasteiger partial charge in [0.2, 0.25) is 5.91 Å². The van der Waals surface area contributed by atoms with Gasteiger partial charge in [0, 0.05) is 30.6 Å². The molecule has 2 atom stereocenters. The molecule has 104 valence electrons. The van der Waals surface area contributed by atoms with Gasteiger partial charge in [-0.05, 0) is 11.6 Å². The largest absolute Gasteiger partial charge is 0.333 e. The third-order valence-electron chi connectivity index (χ3n) is 3.62. The van der Waals surface area contributed by atoms with E-state index in [9.17, 15) is 4.79 Å². The summed E-state index contributed by atoms with van der Waals surface area (Å²) in [7, 11) is 0. The molecule has 0 bridgehead atoms. The Bertz CT molecular complexity index is 570. The monoisotopic (exact) mass is 287 g/mol. The van der Waals surface area contributed by atoms with Crippen LogP contribution in [0, 0.1) is 0 Å². The van der Waals surface area contributed by atoms with Crippen molar-refractivity contribution >= 4 is 18.5 Å². The van der Waals surface area contributed by atoms with Gasteiger partial charge >= 0.3 is 0 Å². The number of carbonyl (C=O) groups excluding carboxylic acids is 1. The fraction of sp³-hybridized carbons (Fsp3) is 0.333. The van der Waals surface area contributed by atoms with Crippen LogP contribution in [0.5, 0.6) is 0 Å². The van der Waals surface area contributed by atoms with Crippen LogP contribution in [-0.2, 0) is 11.3 Å². The molecule has 1 fully saturated rings. The van der Waals surface area contributed by atoms with Crippen LogP contribution in [0.4, 0.5) is 0 Å². The smallest absolute Gasteiger partial charge is 0.224 e. The van der Waals surface area contributed by atoms with Crippen molar-refractivity contribution in [2.24, 2.45) is 0 Å². The highest BCUT2D eigenvalue weighted by atomic mass is 32.1. The summed E-state index contributed by atoms with van der Waals surface area (Å²) in [6.45, 7) is 1.37. The number of amides is 1.